The van der Waals surface area contributed by atoms with E-state index in [9.17, 15) is 4.39 Å². The molecule has 6 rings (SSSR count). The summed E-state index contributed by atoms with van der Waals surface area (Å²) >= 11 is 0. The minimum atomic E-state index is -0.611. The van der Waals surface area contributed by atoms with Gasteiger partial charge in [-0.05, 0) is 51.6 Å². The minimum absolute atomic E-state index is 0.0438. The van der Waals surface area contributed by atoms with Gasteiger partial charge < -0.3 is 30.1 Å². The molecule has 10 heteroatoms. The third kappa shape index (κ3) is 4.47. The predicted molar refractivity (Wildman–Crippen MR) is 147 cm³/mol. The maximum absolute atomic E-state index is 15.0. The van der Waals surface area contributed by atoms with Crippen LogP contribution in [0.1, 0.15) is 19.4 Å². The summed E-state index contributed by atoms with van der Waals surface area (Å²) < 4.78 is 35.6. The molecule has 1 aromatic heterocycles. The lowest BCUT2D eigenvalue weighted by Crippen LogP contribution is -2.44. The van der Waals surface area contributed by atoms with Crippen molar-refractivity contribution >= 4 is 28.7 Å². The van der Waals surface area contributed by atoms with Gasteiger partial charge in [0.25, 0.3) is 0 Å². The first-order chi connectivity index (χ1) is 18.4. The molecule has 2 N–H and O–H groups in total. The summed E-state index contributed by atoms with van der Waals surface area (Å²) in [7, 11) is 2.15. The number of hydrogen-bond acceptors (Lipinski definition) is 8. The van der Waals surface area contributed by atoms with Gasteiger partial charge >= 0.3 is 0 Å². The average Bonchev–Trinajstić information content (AvgIpc) is 3.41. The van der Waals surface area contributed by atoms with Crippen molar-refractivity contribution in [1.29, 1.82) is 0 Å². The summed E-state index contributed by atoms with van der Waals surface area (Å²) in [4.78, 5) is 15.5. The van der Waals surface area contributed by atoms with Crippen LogP contribution < -0.4 is 25.2 Å². The van der Waals surface area contributed by atoms with Crippen LogP contribution >= 0.6 is 0 Å². The molecule has 3 aromatic rings. The second kappa shape index (κ2) is 9.90. The maximum Gasteiger partial charge on any atom is 0.227 e. The molecule has 3 aliphatic heterocycles. The number of nitrogens with zero attached hydrogens (tertiary/aromatic N) is 5. The second-order valence-electron chi connectivity index (χ2n) is 10.4. The largest absolute Gasteiger partial charge is 0.486 e. The average molecular weight is 522 g/mol. The molecule has 0 atom stereocenters. The highest BCUT2D eigenvalue weighted by Gasteiger charge is 2.27. The van der Waals surface area contributed by atoms with Crippen molar-refractivity contribution in [1.82, 2.24) is 14.9 Å². The summed E-state index contributed by atoms with van der Waals surface area (Å²) in [6, 6.07) is 7.34. The quantitative estimate of drug-likeness (QED) is 0.509. The van der Waals surface area contributed by atoms with Crippen molar-refractivity contribution in [2.45, 2.75) is 26.3 Å². The molecule has 0 unspecified atom stereocenters. The third-order valence-electron chi connectivity index (χ3n) is 7.61. The molecule has 8 nitrogen and oxygen atoms in total. The molecule has 38 heavy (non-hydrogen) atoms. The zero-order valence-corrected chi connectivity index (χ0v) is 22.0. The number of fused-ring (bicyclic) bond motifs is 2. The number of likely N-dealkylation sites (N-methyl/N-ethyl adjacent to an activating group) is 1. The van der Waals surface area contributed by atoms with Crippen LogP contribution in [0.4, 0.5) is 37.5 Å². The van der Waals surface area contributed by atoms with Gasteiger partial charge in [-0.1, -0.05) is 0 Å². The zero-order chi connectivity index (χ0) is 26.4. The molecule has 2 aromatic carbocycles. The van der Waals surface area contributed by atoms with E-state index < -0.39 is 11.6 Å². The van der Waals surface area contributed by atoms with E-state index in [4.69, 9.17) is 4.74 Å². The topological polar surface area (TPSA) is 68.8 Å². The highest BCUT2D eigenvalue weighted by Crippen LogP contribution is 2.41. The van der Waals surface area contributed by atoms with E-state index in [0.29, 0.717) is 24.4 Å². The lowest BCUT2D eigenvalue weighted by atomic mass is 10.1. The van der Waals surface area contributed by atoms with Crippen LogP contribution in [0.2, 0.25) is 0 Å². The van der Waals surface area contributed by atoms with Gasteiger partial charge in [0.15, 0.2) is 17.4 Å². The Morgan fingerprint density at radius 3 is 2.63 bits per heavy atom. The minimum Gasteiger partial charge on any atom is -0.486 e. The molecule has 0 bridgehead atoms. The molecule has 0 radical (unpaired) electrons. The number of aromatic nitrogens is 2. The van der Waals surface area contributed by atoms with Crippen molar-refractivity contribution in [3.8, 4) is 17.0 Å². The molecule has 200 valence electrons. The van der Waals surface area contributed by atoms with Gasteiger partial charge in [-0.15, -0.1) is 0 Å². The van der Waals surface area contributed by atoms with Crippen molar-refractivity contribution in [3.05, 3.63) is 47.7 Å². The molecule has 1 saturated heterocycles. The second-order valence-corrected chi connectivity index (χ2v) is 10.4. The van der Waals surface area contributed by atoms with Crippen LogP contribution in [-0.2, 0) is 6.42 Å². The van der Waals surface area contributed by atoms with Crippen LogP contribution in [0.25, 0.3) is 11.3 Å². The van der Waals surface area contributed by atoms with Crippen molar-refractivity contribution in [2.24, 2.45) is 0 Å². The highest BCUT2D eigenvalue weighted by atomic mass is 19.1. The van der Waals surface area contributed by atoms with Gasteiger partial charge in [-0.2, -0.15) is 0 Å². The van der Waals surface area contributed by atoms with Crippen LogP contribution in [0.5, 0.6) is 5.75 Å². The van der Waals surface area contributed by atoms with E-state index in [1.54, 1.807) is 6.07 Å². The summed E-state index contributed by atoms with van der Waals surface area (Å²) in [5, 5.41) is 6.84. The summed E-state index contributed by atoms with van der Waals surface area (Å²) in [6.07, 6.45) is 2.00. The van der Waals surface area contributed by atoms with Crippen LogP contribution in [0.15, 0.2) is 30.5 Å². The number of benzene rings is 2. The molecule has 3 aliphatic rings. The standard InChI is InChI=1S/C28H33F2N7O/c1-17(2)37-12-13-38-27-20(29)14-18(15-24(27)37)25-21(30)16-32-28(34-25)33-22-4-5-23(26-19(22)6-7-31-26)36-10-8-35(3)9-11-36/h4-5,14-17,31H,6-13H2,1-3H3,(H,32,33,34). The molecular formula is C28H33F2N7O. The zero-order valence-electron chi connectivity index (χ0n) is 22.0. The van der Waals surface area contributed by atoms with Gasteiger partial charge in [0.1, 0.15) is 12.3 Å². The maximum atomic E-state index is 15.0. The first-order valence-corrected chi connectivity index (χ1v) is 13.2. The number of hydrogen-bond donors (Lipinski definition) is 2. The van der Waals surface area contributed by atoms with Gasteiger partial charge in [-0.3, -0.25) is 0 Å². The third-order valence-corrected chi connectivity index (χ3v) is 7.61. The number of ether oxygens (including phenoxy) is 1. The number of nitrogens with one attached hydrogen (secondary N) is 2. The first-order valence-electron chi connectivity index (χ1n) is 13.2. The molecule has 0 spiro atoms. The Labute approximate surface area is 221 Å². The lowest BCUT2D eigenvalue weighted by molar-refractivity contribution is 0.287. The Hall–Kier alpha value is -3.66. The Morgan fingerprint density at radius 1 is 1.03 bits per heavy atom. The van der Waals surface area contributed by atoms with E-state index in [-0.39, 0.29) is 23.4 Å². The number of piperazine rings is 1. The highest BCUT2D eigenvalue weighted by molar-refractivity contribution is 5.83. The van der Waals surface area contributed by atoms with Crippen molar-refractivity contribution in [2.75, 3.05) is 73.4 Å². The molecule has 4 heterocycles. The van der Waals surface area contributed by atoms with Crippen LogP contribution in [-0.4, -0.2) is 73.8 Å². The fourth-order valence-electron chi connectivity index (χ4n) is 5.56. The van der Waals surface area contributed by atoms with E-state index in [0.717, 1.165) is 56.7 Å². The van der Waals surface area contributed by atoms with Crippen LogP contribution in [0.3, 0.4) is 0 Å². The number of rotatable bonds is 5. The molecule has 0 saturated carbocycles. The monoisotopic (exact) mass is 521 g/mol. The Bertz CT molecular complexity index is 1360. The van der Waals surface area contributed by atoms with Crippen molar-refractivity contribution < 1.29 is 13.5 Å². The molecular weight excluding hydrogens is 488 g/mol. The first kappa shape index (κ1) is 24.7. The fraction of sp³-hybridized carbons (Fsp3) is 0.429. The predicted octanol–water partition coefficient (Wildman–Crippen LogP) is 4.49. The number of anilines is 5. The van der Waals surface area contributed by atoms with E-state index in [1.165, 1.54) is 17.3 Å². The van der Waals surface area contributed by atoms with Gasteiger partial charge in [0.05, 0.1) is 29.8 Å². The van der Waals surface area contributed by atoms with Gasteiger partial charge in [-0.25, -0.2) is 18.7 Å². The van der Waals surface area contributed by atoms with Gasteiger partial charge in [0.2, 0.25) is 5.95 Å². The van der Waals surface area contributed by atoms with E-state index >= 15 is 4.39 Å². The summed E-state index contributed by atoms with van der Waals surface area (Å²) in [6.45, 7) is 10.0. The van der Waals surface area contributed by atoms with E-state index in [1.807, 2.05) is 19.9 Å². The Balaban J connectivity index is 1.32. The Kier molecular flexibility index (Phi) is 6.43. The van der Waals surface area contributed by atoms with Crippen LogP contribution in [0, 0.1) is 11.6 Å². The Morgan fingerprint density at radius 2 is 1.84 bits per heavy atom. The molecule has 0 amide bonds. The lowest BCUT2D eigenvalue weighted by Gasteiger charge is -2.35. The van der Waals surface area contributed by atoms with Crippen molar-refractivity contribution in [3.63, 3.8) is 0 Å². The van der Waals surface area contributed by atoms with Gasteiger partial charge in [0, 0.05) is 55.6 Å². The summed E-state index contributed by atoms with van der Waals surface area (Å²) in [5.41, 5.74) is 5.39. The summed E-state index contributed by atoms with van der Waals surface area (Å²) in [5.74, 6) is -0.679. The smallest absolute Gasteiger partial charge is 0.227 e. The van der Waals surface area contributed by atoms with E-state index in [2.05, 4.69) is 48.4 Å². The number of halogens is 2. The SMILES string of the molecule is CC(C)N1CCOc2c(F)cc(-c3nc(Nc4ccc(N5CCN(C)CC5)c5c4CCN5)ncc3F)cc21. The molecule has 1 fully saturated rings. The molecule has 0 aliphatic carbocycles. The fourth-order valence-corrected chi connectivity index (χ4v) is 5.56. The normalized spacial score (nSPS) is 17.2.